The number of oxime groups is 1. The van der Waals surface area contributed by atoms with Crippen LogP contribution in [0.2, 0.25) is 0 Å². The molecule has 2 aliphatic rings. The predicted octanol–water partition coefficient (Wildman–Crippen LogP) is 0.507. The van der Waals surface area contributed by atoms with Crippen molar-refractivity contribution in [3.8, 4) is 0 Å². The first kappa shape index (κ1) is 11.0. The molecule has 0 aromatic heterocycles. The Labute approximate surface area is 94.3 Å². The third-order valence-electron chi connectivity index (χ3n) is 3.32. The van der Waals surface area contributed by atoms with Gasteiger partial charge in [0.25, 0.3) is 0 Å². The van der Waals surface area contributed by atoms with Gasteiger partial charge in [0.05, 0.1) is 0 Å². The summed E-state index contributed by atoms with van der Waals surface area (Å²) < 4.78 is 0. The number of amides is 2. The first-order valence-electron chi connectivity index (χ1n) is 5.73. The van der Waals surface area contributed by atoms with Crippen LogP contribution in [0.25, 0.3) is 0 Å². The van der Waals surface area contributed by atoms with Gasteiger partial charge in [0, 0.05) is 6.04 Å². The highest BCUT2D eigenvalue weighted by molar-refractivity contribution is 5.93. The molecular formula is C10H18N4O2. The Morgan fingerprint density at radius 2 is 2.00 bits per heavy atom. The van der Waals surface area contributed by atoms with E-state index in [2.05, 4.69) is 15.8 Å². The minimum Gasteiger partial charge on any atom is -0.409 e. The van der Waals surface area contributed by atoms with E-state index in [4.69, 9.17) is 10.9 Å². The zero-order valence-electron chi connectivity index (χ0n) is 9.20. The number of hydrogen-bond donors (Lipinski definition) is 4. The summed E-state index contributed by atoms with van der Waals surface area (Å²) in [5, 5.41) is 17.5. The molecule has 2 saturated carbocycles. The van der Waals surface area contributed by atoms with Crippen LogP contribution in [0.15, 0.2) is 5.16 Å². The Balaban J connectivity index is 1.98. The molecule has 2 aliphatic carbocycles. The lowest BCUT2D eigenvalue weighted by molar-refractivity contribution is 0.231. The van der Waals surface area contributed by atoms with E-state index in [0.717, 1.165) is 38.5 Å². The maximum Gasteiger partial charge on any atom is 0.315 e. The van der Waals surface area contributed by atoms with Crippen molar-refractivity contribution in [2.75, 3.05) is 0 Å². The Kier molecular flexibility index (Phi) is 2.89. The summed E-state index contributed by atoms with van der Waals surface area (Å²) >= 11 is 0. The monoisotopic (exact) mass is 226 g/mol. The molecule has 2 rings (SSSR count). The van der Waals surface area contributed by atoms with Crippen molar-refractivity contribution in [3.63, 3.8) is 0 Å². The highest BCUT2D eigenvalue weighted by atomic mass is 16.4. The van der Waals surface area contributed by atoms with Gasteiger partial charge in [-0.15, -0.1) is 0 Å². The number of hydrogen-bond acceptors (Lipinski definition) is 3. The van der Waals surface area contributed by atoms with E-state index in [9.17, 15) is 4.79 Å². The highest BCUT2D eigenvalue weighted by Gasteiger charge is 2.40. The number of nitrogens with one attached hydrogen (secondary N) is 2. The van der Waals surface area contributed by atoms with Crippen LogP contribution in [-0.4, -0.2) is 28.7 Å². The van der Waals surface area contributed by atoms with Crippen LogP contribution in [0.3, 0.4) is 0 Å². The lowest BCUT2D eigenvalue weighted by atomic mass is 9.96. The van der Waals surface area contributed by atoms with Gasteiger partial charge in [-0.05, 0) is 25.7 Å². The number of carbonyl (C=O) groups is 1. The van der Waals surface area contributed by atoms with Crippen molar-refractivity contribution >= 4 is 11.9 Å². The second-order valence-corrected chi connectivity index (χ2v) is 4.65. The molecule has 2 amide bonds. The topological polar surface area (TPSA) is 99.7 Å². The molecule has 0 aromatic rings. The fourth-order valence-corrected chi connectivity index (χ4v) is 2.19. The van der Waals surface area contributed by atoms with Crippen molar-refractivity contribution in [3.05, 3.63) is 0 Å². The molecule has 0 atom stereocenters. The molecule has 0 aliphatic heterocycles. The van der Waals surface area contributed by atoms with Crippen LogP contribution < -0.4 is 16.4 Å². The minimum absolute atomic E-state index is 0.107. The molecular weight excluding hydrogens is 208 g/mol. The second kappa shape index (κ2) is 4.19. The summed E-state index contributed by atoms with van der Waals surface area (Å²) in [4.78, 5) is 11.7. The fourth-order valence-electron chi connectivity index (χ4n) is 2.19. The smallest absolute Gasteiger partial charge is 0.315 e. The summed E-state index contributed by atoms with van der Waals surface area (Å²) in [5.74, 6) is 0.107. The second-order valence-electron chi connectivity index (χ2n) is 4.65. The molecule has 90 valence electrons. The van der Waals surface area contributed by atoms with Crippen molar-refractivity contribution in [1.29, 1.82) is 0 Å². The summed E-state index contributed by atoms with van der Waals surface area (Å²) in [7, 11) is 0. The van der Waals surface area contributed by atoms with Crippen molar-refractivity contribution < 1.29 is 10.0 Å². The van der Waals surface area contributed by atoms with Gasteiger partial charge in [-0.2, -0.15) is 0 Å². The molecule has 6 nitrogen and oxygen atoms in total. The van der Waals surface area contributed by atoms with Gasteiger partial charge in [-0.3, -0.25) is 0 Å². The predicted molar refractivity (Wildman–Crippen MR) is 59.3 cm³/mol. The quantitative estimate of drug-likeness (QED) is 0.244. The maximum absolute atomic E-state index is 11.7. The number of rotatable bonds is 3. The minimum atomic E-state index is -0.645. The molecule has 0 aromatic carbocycles. The lowest BCUT2D eigenvalue weighted by Crippen LogP contribution is -2.58. The van der Waals surface area contributed by atoms with E-state index in [1.807, 2.05) is 0 Å². The van der Waals surface area contributed by atoms with Crippen molar-refractivity contribution in [2.45, 2.75) is 50.1 Å². The Hall–Kier alpha value is -1.46. The molecule has 5 N–H and O–H groups in total. The van der Waals surface area contributed by atoms with Crippen LogP contribution >= 0.6 is 0 Å². The molecule has 0 unspecified atom stereocenters. The zero-order valence-corrected chi connectivity index (χ0v) is 9.20. The van der Waals surface area contributed by atoms with Crippen molar-refractivity contribution in [1.82, 2.24) is 10.6 Å². The van der Waals surface area contributed by atoms with Gasteiger partial charge in [0.2, 0.25) is 0 Å². The Morgan fingerprint density at radius 1 is 1.38 bits per heavy atom. The molecule has 0 saturated heterocycles. The third kappa shape index (κ3) is 2.20. The van der Waals surface area contributed by atoms with E-state index < -0.39 is 5.54 Å². The average Bonchev–Trinajstić information content (AvgIpc) is 2.94. The Morgan fingerprint density at radius 3 is 2.50 bits per heavy atom. The standard InChI is InChI=1S/C10H18N4O2/c11-8(14-16)10(5-1-2-6-10)13-9(15)12-7-3-4-7/h7,16H,1-6H2,(H2,11,14)(H2,12,13,15). The third-order valence-corrected chi connectivity index (χ3v) is 3.32. The molecule has 16 heavy (non-hydrogen) atoms. The SMILES string of the molecule is NC(=NO)C1(NC(=O)NC2CC2)CCCC1. The largest absolute Gasteiger partial charge is 0.409 e. The zero-order chi connectivity index (χ0) is 11.6. The number of urea groups is 1. The number of amidine groups is 1. The van der Waals surface area contributed by atoms with Crippen LogP contribution in [0.5, 0.6) is 0 Å². The first-order valence-corrected chi connectivity index (χ1v) is 5.73. The normalized spacial score (nSPS) is 24.1. The Bertz CT molecular complexity index is 306. The van der Waals surface area contributed by atoms with Gasteiger partial charge >= 0.3 is 6.03 Å². The van der Waals surface area contributed by atoms with Crippen LogP contribution in [0, 0.1) is 0 Å². The number of nitrogens with zero attached hydrogens (tertiary/aromatic N) is 1. The van der Waals surface area contributed by atoms with Crippen LogP contribution in [-0.2, 0) is 0 Å². The number of carbonyl (C=O) groups excluding carboxylic acids is 1. The van der Waals surface area contributed by atoms with Crippen LogP contribution in [0.1, 0.15) is 38.5 Å². The average molecular weight is 226 g/mol. The molecule has 2 fully saturated rings. The molecule has 0 spiro atoms. The van der Waals surface area contributed by atoms with Gasteiger partial charge < -0.3 is 21.6 Å². The van der Waals surface area contributed by atoms with E-state index in [1.54, 1.807) is 0 Å². The number of nitrogens with two attached hydrogens (primary N) is 1. The summed E-state index contributed by atoms with van der Waals surface area (Å²) in [6.07, 6.45) is 5.54. The van der Waals surface area contributed by atoms with E-state index in [1.165, 1.54) is 0 Å². The fraction of sp³-hybridized carbons (Fsp3) is 0.800. The highest BCUT2D eigenvalue weighted by Crippen LogP contribution is 2.30. The van der Waals surface area contributed by atoms with Gasteiger partial charge in [-0.1, -0.05) is 18.0 Å². The van der Waals surface area contributed by atoms with Gasteiger partial charge in [0.1, 0.15) is 5.54 Å². The van der Waals surface area contributed by atoms with Crippen molar-refractivity contribution in [2.24, 2.45) is 10.9 Å². The van der Waals surface area contributed by atoms with Crippen LogP contribution in [0.4, 0.5) is 4.79 Å². The molecule has 0 heterocycles. The van der Waals surface area contributed by atoms with E-state index in [0.29, 0.717) is 6.04 Å². The van der Waals surface area contributed by atoms with E-state index >= 15 is 0 Å². The molecule has 6 heteroatoms. The summed E-state index contributed by atoms with van der Waals surface area (Å²) in [6.45, 7) is 0. The summed E-state index contributed by atoms with van der Waals surface area (Å²) in [5.41, 5.74) is 5.02. The van der Waals surface area contributed by atoms with E-state index in [-0.39, 0.29) is 11.9 Å². The molecule has 0 bridgehead atoms. The first-order chi connectivity index (χ1) is 7.66. The maximum atomic E-state index is 11.7. The molecule has 0 radical (unpaired) electrons. The lowest BCUT2D eigenvalue weighted by Gasteiger charge is -2.28. The van der Waals surface area contributed by atoms with Gasteiger partial charge in [0.15, 0.2) is 5.84 Å². The van der Waals surface area contributed by atoms with Gasteiger partial charge in [-0.25, -0.2) is 4.79 Å². The summed E-state index contributed by atoms with van der Waals surface area (Å²) in [6, 6.07) is 0.0988.